The third-order valence-corrected chi connectivity index (χ3v) is 2.45. The van der Waals surface area contributed by atoms with Crippen molar-refractivity contribution in [2.24, 2.45) is 0 Å². The summed E-state index contributed by atoms with van der Waals surface area (Å²) in [7, 11) is 0. The first-order valence-electron chi connectivity index (χ1n) is 5.40. The molecule has 0 radical (unpaired) electrons. The molecule has 5 nitrogen and oxygen atoms in total. The lowest BCUT2D eigenvalue weighted by Gasteiger charge is -2.01. The molecule has 2 aromatic rings. The minimum atomic E-state index is -1.29. The van der Waals surface area contributed by atoms with Gasteiger partial charge in [-0.15, -0.1) is 0 Å². The maximum absolute atomic E-state index is 11.8. The van der Waals surface area contributed by atoms with Gasteiger partial charge in [-0.3, -0.25) is 4.79 Å². The van der Waals surface area contributed by atoms with Crippen molar-refractivity contribution in [3.05, 3.63) is 59.6 Å². The van der Waals surface area contributed by atoms with Crippen molar-refractivity contribution in [2.45, 2.75) is 0 Å². The van der Waals surface area contributed by atoms with Crippen LogP contribution >= 0.6 is 0 Å². The van der Waals surface area contributed by atoms with Crippen LogP contribution in [0.5, 0.6) is 5.75 Å². The summed E-state index contributed by atoms with van der Waals surface area (Å²) in [6, 6.07) is 7.04. The lowest BCUT2D eigenvalue weighted by Crippen LogP contribution is -2.01. The van der Waals surface area contributed by atoms with Crippen molar-refractivity contribution >= 4 is 17.8 Å². The van der Waals surface area contributed by atoms with Gasteiger partial charge in [-0.2, -0.15) is 0 Å². The number of carboxylic acids is 1. The highest BCUT2D eigenvalue weighted by molar-refractivity contribution is 6.08. The molecule has 0 bridgehead atoms. The van der Waals surface area contributed by atoms with Crippen LogP contribution in [0.2, 0.25) is 0 Å². The number of carbonyl (C=O) groups excluding carboxylic acids is 1. The van der Waals surface area contributed by atoms with E-state index in [2.05, 4.69) is 0 Å². The number of allylic oxidation sites excluding steroid dienone is 1. The van der Waals surface area contributed by atoms with Gasteiger partial charge in [-0.05, 0) is 42.5 Å². The van der Waals surface area contributed by atoms with Crippen molar-refractivity contribution in [1.82, 2.24) is 0 Å². The Morgan fingerprint density at radius 1 is 1.21 bits per heavy atom. The van der Waals surface area contributed by atoms with Crippen LogP contribution in [-0.4, -0.2) is 22.0 Å². The zero-order chi connectivity index (χ0) is 13.8. The van der Waals surface area contributed by atoms with Gasteiger partial charge in [0.2, 0.25) is 0 Å². The molecule has 1 aromatic carbocycles. The normalized spacial score (nSPS) is 10.7. The van der Waals surface area contributed by atoms with Crippen LogP contribution in [0.1, 0.15) is 26.5 Å². The standard InChI is InChI=1S/C14H10O5/c15-12(6-4-10-2-1-7-19-10)9-3-5-13(16)11(8-9)14(17)18/h1-8,16H,(H,17,18). The van der Waals surface area contributed by atoms with Gasteiger partial charge < -0.3 is 14.6 Å². The maximum atomic E-state index is 11.8. The number of furan rings is 1. The quantitative estimate of drug-likeness (QED) is 0.650. The van der Waals surface area contributed by atoms with Crippen LogP contribution in [0.4, 0.5) is 0 Å². The summed E-state index contributed by atoms with van der Waals surface area (Å²) in [5, 5.41) is 18.2. The minimum Gasteiger partial charge on any atom is -0.507 e. The van der Waals surface area contributed by atoms with E-state index >= 15 is 0 Å². The van der Waals surface area contributed by atoms with E-state index < -0.39 is 5.97 Å². The SMILES string of the molecule is O=C(C=Cc1ccco1)c1ccc(O)c(C(=O)O)c1. The Hall–Kier alpha value is -2.82. The Morgan fingerprint density at radius 2 is 2.00 bits per heavy atom. The number of aromatic carboxylic acids is 1. The number of hydrogen-bond donors (Lipinski definition) is 2. The Kier molecular flexibility index (Phi) is 3.47. The maximum Gasteiger partial charge on any atom is 0.339 e. The lowest BCUT2D eigenvalue weighted by molar-refractivity contribution is 0.0693. The van der Waals surface area contributed by atoms with Crippen molar-refractivity contribution in [2.75, 3.05) is 0 Å². The highest BCUT2D eigenvalue weighted by Gasteiger charge is 2.12. The molecule has 0 amide bonds. The molecule has 2 rings (SSSR count). The third kappa shape index (κ3) is 2.90. The molecule has 0 aliphatic heterocycles. The zero-order valence-electron chi connectivity index (χ0n) is 9.74. The second-order valence-electron chi connectivity index (χ2n) is 3.75. The van der Waals surface area contributed by atoms with Gasteiger partial charge >= 0.3 is 5.97 Å². The van der Waals surface area contributed by atoms with Crippen molar-refractivity contribution in [1.29, 1.82) is 0 Å². The number of benzene rings is 1. The van der Waals surface area contributed by atoms with E-state index in [1.807, 2.05) is 0 Å². The molecule has 0 aliphatic carbocycles. The zero-order valence-corrected chi connectivity index (χ0v) is 9.74. The Bertz CT molecular complexity index is 638. The van der Waals surface area contributed by atoms with E-state index in [1.165, 1.54) is 30.5 Å². The molecule has 1 aromatic heterocycles. The molecule has 96 valence electrons. The molecule has 0 saturated heterocycles. The molecular weight excluding hydrogens is 248 g/mol. The van der Waals surface area contributed by atoms with Crippen molar-refractivity contribution in [3.63, 3.8) is 0 Å². The molecule has 5 heteroatoms. The van der Waals surface area contributed by atoms with E-state index in [9.17, 15) is 14.7 Å². The summed E-state index contributed by atoms with van der Waals surface area (Å²) in [4.78, 5) is 22.7. The van der Waals surface area contributed by atoms with E-state index in [4.69, 9.17) is 9.52 Å². The fraction of sp³-hybridized carbons (Fsp3) is 0. The molecule has 0 atom stereocenters. The number of rotatable bonds is 4. The summed E-state index contributed by atoms with van der Waals surface area (Å²) in [6.07, 6.45) is 4.24. The third-order valence-electron chi connectivity index (χ3n) is 2.45. The average molecular weight is 258 g/mol. The topological polar surface area (TPSA) is 87.7 Å². The molecule has 19 heavy (non-hydrogen) atoms. The van der Waals surface area contributed by atoms with Crippen LogP contribution in [-0.2, 0) is 0 Å². The van der Waals surface area contributed by atoms with Gasteiger partial charge in [0.1, 0.15) is 17.1 Å². The van der Waals surface area contributed by atoms with Gasteiger partial charge in [0.15, 0.2) is 5.78 Å². The van der Waals surface area contributed by atoms with E-state index in [0.717, 1.165) is 6.07 Å². The van der Waals surface area contributed by atoms with Crippen LogP contribution in [0.25, 0.3) is 6.08 Å². The van der Waals surface area contributed by atoms with Gasteiger partial charge in [0, 0.05) is 5.56 Å². The smallest absolute Gasteiger partial charge is 0.339 e. The van der Waals surface area contributed by atoms with Crippen LogP contribution in [0, 0.1) is 0 Å². The lowest BCUT2D eigenvalue weighted by atomic mass is 10.1. The van der Waals surface area contributed by atoms with Gasteiger partial charge in [0.25, 0.3) is 0 Å². The largest absolute Gasteiger partial charge is 0.507 e. The van der Waals surface area contributed by atoms with E-state index in [-0.39, 0.29) is 22.7 Å². The fourth-order valence-electron chi connectivity index (χ4n) is 1.50. The second-order valence-corrected chi connectivity index (χ2v) is 3.75. The van der Waals surface area contributed by atoms with Gasteiger partial charge in [-0.1, -0.05) is 0 Å². The summed E-state index contributed by atoms with van der Waals surface area (Å²) in [6.45, 7) is 0. The molecule has 0 saturated carbocycles. The number of carbonyl (C=O) groups is 2. The molecule has 0 unspecified atom stereocenters. The molecule has 0 aliphatic rings. The Balaban J connectivity index is 2.24. The number of hydrogen-bond acceptors (Lipinski definition) is 4. The summed E-state index contributed by atoms with van der Waals surface area (Å²) < 4.78 is 5.03. The molecule has 2 N–H and O–H groups in total. The first-order chi connectivity index (χ1) is 9.08. The monoisotopic (exact) mass is 258 g/mol. The predicted molar refractivity (Wildman–Crippen MR) is 67.1 cm³/mol. The van der Waals surface area contributed by atoms with E-state index in [0.29, 0.717) is 5.76 Å². The first-order valence-corrected chi connectivity index (χ1v) is 5.40. The fourth-order valence-corrected chi connectivity index (χ4v) is 1.50. The van der Waals surface area contributed by atoms with Crippen LogP contribution in [0.3, 0.4) is 0 Å². The highest BCUT2D eigenvalue weighted by atomic mass is 16.4. The number of phenols is 1. The van der Waals surface area contributed by atoms with Crippen LogP contribution < -0.4 is 0 Å². The Morgan fingerprint density at radius 3 is 2.63 bits per heavy atom. The number of carboxylic acid groups (broad SMARTS) is 1. The van der Waals surface area contributed by atoms with Crippen molar-refractivity contribution < 1.29 is 24.2 Å². The molecule has 0 fully saturated rings. The number of ketones is 1. The minimum absolute atomic E-state index is 0.179. The van der Waals surface area contributed by atoms with E-state index in [1.54, 1.807) is 12.1 Å². The molecule has 1 heterocycles. The van der Waals surface area contributed by atoms with Crippen molar-refractivity contribution in [3.8, 4) is 5.75 Å². The molecular formula is C14H10O5. The predicted octanol–water partition coefficient (Wildman–Crippen LogP) is 2.58. The van der Waals surface area contributed by atoms with Gasteiger partial charge in [0.05, 0.1) is 6.26 Å². The summed E-state index contributed by atoms with van der Waals surface area (Å²) >= 11 is 0. The second kappa shape index (κ2) is 5.22. The van der Waals surface area contributed by atoms with Crippen LogP contribution in [0.15, 0.2) is 47.1 Å². The van der Waals surface area contributed by atoms with Gasteiger partial charge in [-0.25, -0.2) is 4.79 Å². The first kappa shape index (κ1) is 12.6. The average Bonchev–Trinajstić information content (AvgIpc) is 2.89. The summed E-state index contributed by atoms with van der Waals surface area (Å²) in [5.74, 6) is -1.52. The Labute approximate surface area is 108 Å². The summed E-state index contributed by atoms with van der Waals surface area (Å²) in [5.41, 5.74) is -0.129. The molecule has 0 spiro atoms. The number of aromatic hydroxyl groups is 1. The highest BCUT2D eigenvalue weighted by Crippen LogP contribution is 2.19.